The number of hydrogen-bond donors (Lipinski definition) is 1. The van der Waals surface area contributed by atoms with E-state index in [0.717, 1.165) is 17.5 Å². The highest BCUT2D eigenvalue weighted by atomic mass is 32.2. The monoisotopic (exact) mass is 559 g/mol. The number of halogens is 3. The summed E-state index contributed by atoms with van der Waals surface area (Å²) in [6, 6.07) is 10.6. The molecule has 202 valence electrons. The predicted octanol–water partition coefficient (Wildman–Crippen LogP) is 3.33. The van der Waals surface area contributed by atoms with Gasteiger partial charge in [-0.15, -0.1) is 0 Å². The maximum Gasteiger partial charge on any atom is 0.416 e. The molecule has 1 amide bonds. The van der Waals surface area contributed by atoms with Crippen molar-refractivity contribution >= 4 is 26.0 Å². The SMILES string of the molecule is C=CS(=O)(=O)NC[C@H]1CCN(S(=O)(=O)c2ccc(CN(Cc3ccc(C(F)(F)F)cc3)C(C)=O)cc2)C1. The number of nitrogens with zero attached hydrogens (tertiary/aromatic N) is 2. The molecule has 2 aromatic rings. The average molecular weight is 560 g/mol. The van der Waals surface area contributed by atoms with E-state index in [4.69, 9.17) is 0 Å². The average Bonchev–Trinajstić information content (AvgIpc) is 3.33. The van der Waals surface area contributed by atoms with Crippen LogP contribution in [0.5, 0.6) is 0 Å². The van der Waals surface area contributed by atoms with Crippen molar-refractivity contribution in [1.82, 2.24) is 13.9 Å². The molecule has 1 fully saturated rings. The normalized spacial score (nSPS) is 17.0. The van der Waals surface area contributed by atoms with E-state index in [2.05, 4.69) is 11.3 Å². The van der Waals surface area contributed by atoms with Crippen molar-refractivity contribution in [3.63, 3.8) is 0 Å². The first-order valence-corrected chi connectivity index (χ1v) is 14.3. The Morgan fingerprint density at radius 1 is 1.05 bits per heavy atom. The van der Waals surface area contributed by atoms with Gasteiger partial charge in [-0.25, -0.2) is 21.6 Å². The molecule has 0 aliphatic carbocycles. The summed E-state index contributed by atoms with van der Waals surface area (Å²) in [5, 5.41) is 0.800. The maximum absolute atomic E-state index is 13.0. The molecule has 0 bridgehead atoms. The van der Waals surface area contributed by atoms with Crippen molar-refractivity contribution in [3.8, 4) is 0 Å². The number of carbonyl (C=O) groups excluding carboxylic acids is 1. The molecule has 2 aromatic carbocycles. The molecule has 1 atom stereocenters. The minimum Gasteiger partial charge on any atom is -0.334 e. The van der Waals surface area contributed by atoms with Gasteiger partial charge in [0, 0.05) is 45.1 Å². The fraction of sp³-hybridized carbons (Fsp3) is 0.375. The molecule has 1 aliphatic rings. The van der Waals surface area contributed by atoms with Gasteiger partial charge in [0.15, 0.2) is 0 Å². The fourth-order valence-electron chi connectivity index (χ4n) is 3.91. The molecule has 1 saturated heterocycles. The summed E-state index contributed by atoms with van der Waals surface area (Å²) in [7, 11) is -7.38. The first kappa shape index (κ1) is 28.8. The van der Waals surface area contributed by atoms with Crippen LogP contribution < -0.4 is 4.72 Å². The quantitative estimate of drug-likeness (QED) is 0.481. The Balaban J connectivity index is 1.64. The first-order chi connectivity index (χ1) is 17.2. The third kappa shape index (κ3) is 7.63. The van der Waals surface area contributed by atoms with Crippen molar-refractivity contribution in [1.29, 1.82) is 0 Å². The van der Waals surface area contributed by atoms with Crippen LogP contribution >= 0.6 is 0 Å². The lowest BCUT2D eigenvalue weighted by molar-refractivity contribution is -0.137. The summed E-state index contributed by atoms with van der Waals surface area (Å²) in [6.07, 6.45) is -3.94. The van der Waals surface area contributed by atoms with E-state index in [-0.39, 0.29) is 49.4 Å². The second-order valence-corrected chi connectivity index (χ2v) is 12.4. The van der Waals surface area contributed by atoms with Crippen LogP contribution in [0.15, 0.2) is 65.4 Å². The van der Waals surface area contributed by atoms with E-state index in [1.807, 2.05) is 0 Å². The van der Waals surface area contributed by atoms with Crippen molar-refractivity contribution in [2.45, 2.75) is 37.5 Å². The number of sulfonamides is 2. The highest BCUT2D eigenvalue weighted by Crippen LogP contribution is 2.29. The van der Waals surface area contributed by atoms with E-state index in [1.165, 1.54) is 40.4 Å². The van der Waals surface area contributed by atoms with Gasteiger partial charge in [-0.1, -0.05) is 30.8 Å². The van der Waals surface area contributed by atoms with Crippen LogP contribution in [0.2, 0.25) is 0 Å². The Bertz CT molecular complexity index is 1330. The molecule has 1 N–H and O–H groups in total. The zero-order chi connectivity index (χ0) is 27.4. The maximum atomic E-state index is 13.0. The van der Waals surface area contributed by atoms with Gasteiger partial charge in [-0.05, 0) is 47.7 Å². The number of rotatable bonds is 10. The summed E-state index contributed by atoms with van der Waals surface area (Å²) in [5.41, 5.74) is 0.408. The third-order valence-corrected chi connectivity index (χ3v) is 8.96. The highest BCUT2D eigenvalue weighted by molar-refractivity contribution is 7.92. The van der Waals surface area contributed by atoms with E-state index in [1.54, 1.807) is 12.1 Å². The van der Waals surface area contributed by atoms with Crippen LogP contribution in [-0.2, 0) is 44.1 Å². The molecule has 0 aromatic heterocycles. The van der Waals surface area contributed by atoms with Crippen molar-refractivity contribution < 1.29 is 34.8 Å². The van der Waals surface area contributed by atoms with E-state index in [0.29, 0.717) is 17.5 Å². The Hall–Kier alpha value is -2.74. The van der Waals surface area contributed by atoms with E-state index in [9.17, 15) is 34.8 Å². The zero-order valence-electron chi connectivity index (χ0n) is 20.1. The van der Waals surface area contributed by atoms with Crippen LogP contribution in [0, 0.1) is 5.92 Å². The lowest BCUT2D eigenvalue weighted by atomic mass is 10.1. The van der Waals surface area contributed by atoms with Crippen LogP contribution in [0.25, 0.3) is 0 Å². The van der Waals surface area contributed by atoms with Crippen molar-refractivity contribution in [2.24, 2.45) is 5.92 Å². The molecule has 0 radical (unpaired) electrons. The van der Waals surface area contributed by atoms with E-state index >= 15 is 0 Å². The number of carbonyl (C=O) groups is 1. The number of benzene rings is 2. The lowest BCUT2D eigenvalue weighted by Gasteiger charge is -2.22. The molecule has 3 rings (SSSR count). The van der Waals surface area contributed by atoms with Gasteiger partial charge in [0.2, 0.25) is 26.0 Å². The lowest BCUT2D eigenvalue weighted by Crippen LogP contribution is -2.32. The second kappa shape index (κ2) is 11.3. The smallest absolute Gasteiger partial charge is 0.334 e. The number of hydrogen-bond acceptors (Lipinski definition) is 5. The second-order valence-electron chi connectivity index (χ2n) is 8.79. The molecular weight excluding hydrogens is 531 g/mol. The van der Waals surface area contributed by atoms with Crippen LogP contribution in [0.4, 0.5) is 13.2 Å². The van der Waals surface area contributed by atoms with Gasteiger partial charge >= 0.3 is 6.18 Å². The standard InChI is InChI=1S/C24H28F3N3O5S2/c1-3-36(32,33)28-14-21-12-13-30(17-21)37(34,35)23-10-6-20(7-11-23)16-29(18(2)31)15-19-4-8-22(9-5-19)24(25,26)27/h3-11,21,28H,1,12-17H2,2H3/t21-/m1/s1. The van der Waals surface area contributed by atoms with Crippen molar-refractivity contribution in [2.75, 3.05) is 19.6 Å². The molecule has 8 nitrogen and oxygen atoms in total. The predicted molar refractivity (Wildman–Crippen MR) is 132 cm³/mol. The minimum absolute atomic E-state index is 0.0701. The van der Waals surface area contributed by atoms with Gasteiger partial charge < -0.3 is 4.90 Å². The molecule has 1 aliphatic heterocycles. The Kier molecular flexibility index (Phi) is 8.83. The number of amides is 1. The van der Waals surface area contributed by atoms with Gasteiger partial charge in [0.1, 0.15) is 0 Å². The van der Waals surface area contributed by atoms with Gasteiger partial charge in [-0.3, -0.25) is 4.79 Å². The Morgan fingerprint density at radius 3 is 2.08 bits per heavy atom. The molecular formula is C24H28F3N3O5S2. The summed E-state index contributed by atoms with van der Waals surface area (Å²) in [5.74, 6) is -0.454. The summed E-state index contributed by atoms with van der Waals surface area (Å²) < 4.78 is 91.2. The van der Waals surface area contributed by atoms with Crippen LogP contribution in [0.1, 0.15) is 30.0 Å². The van der Waals surface area contributed by atoms with Gasteiger partial charge in [0.25, 0.3) is 0 Å². The molecule has 0 saturated carbocycles. The van der Waals surface area contributed by atoms with Crippen LogP contribution in [0.3, 0.4) is 0 Å². The molecule has 1 heterocycles. The Morgan fingerprint density at radius 2 is 1.59 bits per heavy atom. The number of nitrogens with one attached hydrogen (secondary N) is 1. The molecule has 13 heteroatoms. The van der Waals surface area contributed by atoms with Gasteiger partial charge in [-0.2, -0.15) is 17.5 Å². The summed E-state index contributed by atoms with van der Waals surface area (Å²) in [4.78, 5) is 13.7. The fourth-order valence-corrected chi connectivity index (χ4v) is 6.03. The molecule has 37 heavy (non-hydrogen) atoms. The highest BCUT2D eigenvalue weighted by Gasteiger charge is 2.33. The topological polar surface area (TPSA) is 104 Å². The largest absolute Gasteiger partial charge is 0.416 e. The van der Waals surface area contributed by atoms with Gasteiger partial charge in [0.05, 0.1) is 10.5 Å². The summed E-state index contributed by atoms with van der Waals surface area (Å²) >= 11 is 0. The molecule has 0 unspecified atom stereocenters. The Labute approximate surface area is 214 Å². The molecule has 0 spiro atoms. The van der Waals surface area contributed by atoms with Crippen LogP contribution in [-0.4, -0.2) is 51.6 Å². The van der Waals surface area contributed by atoms with E-state index < -0.39 is 31.8 Å². The first-order valence-electron chi connectivity index (χ1n) is 11.3. The van der Waals surface area contributed by atoms with Crippen molar-refractivity contribution in [3.05, 3.63) is 77.2 Å². The number of alkyl halides is 3. The third-order valence-electron chi connectivity index (χ3n) is 6.08. The minimum atomic E-state index is -4.44. The summed E-state index contributed by atoms with van der Waals surface area (Å²) in [6.45, 7) is 5.36. The zero-order valence-corrected chi connectivity index (χ0v) is 21.7.